The smallest absolute Gasteiger partial charge is 0.0436 e. The number of rotatable bonds is 0. The van der Waals surface area contributed by atoms with Gasteiger partial charge in [-0.25, -0.2) is 0 Å². The number of hydrogen-bond donors (Lipinski definition) is 0. The topological polar surface area (TPSA) is 0 Å². The fourth-order valence-electron chi connectivity index (χ4n) is 2.92. The highest BCUT2D eigenvalue weighted by atomic mass is 79.9. The molecule has 0 heterocycles. The Bertz CT molecular complexity index is 564. The highest BCUT2D eigenvalue weighted by Gasteiger charge is 2.54. The predicted octanol–water partition coefficient (Wildman–Crippen LogP) is 4.31. The molecule has 78 valence electrons. The second kappa shape index (κ2) is 2.98. The van der Waals surface area contributed by atoms with Gasteiger partial charge in [0.15, 0.2) is 0 Å². The van der Waals surface area contributed by atoms with Crippen molar-refractivity contribution in [3.8, 4) is 11.1 Å². The molecule has 1 heteroatoms. The average molecular weight is 272 g/mol. The largest absolute Gasteiger partial charge is 0.0877 e. The van der Waals surface area contributed by atoms with Crippen LogP contribution in [-0.4, -0.2) is 4.80 Å². The first kappa shape index (κ1) is 8.08. The van der Waals surface area contributed by atoms with Crippen molar-refractivity contribution in [1.82, 2.24) is 0 Å². The summed E-state index contributed by atoms with van der Waals surface area (Å²) in [4.78, 5) is -0.504. The van der Waals surface area contributed by atoms with E-state index < -0.39 is 4.80 Å². The molecule has 1 fully saturated rings. The molecule has 0 spiro atoms. The summed E-state index contributed by atoms with van der Waals surface area (Å²) in [6.07, 6.45) is 0. The molecule has 1 unspecified atom stereocenters. The summed E-state index contributed by atoms with van der Waals surface area (Å²) in [6.45, 7) is 0. The molecule has 1 saturated carbocycles. The van der Waals surface area contributed by atoms with E-state index in [1.54, 1.807) is 0 Å². The zero-order valence-electron chi connectivity index (χ0n) is 9.65. The van der Waals surface area contributed by atoms with Gasteiger partial charge in [0.25, 0.3) is 0 Å². The third-order valence-corrected chi connectivity index (χ3v) is 4.69. The van der Waals surface area contributed by atoms with Crippen molar-refractivity contribution < 1.29 is 1.37 Å². The Morgan fingerprint density at radius 1 is 0.812 bits per heavy atom. The number of alkyl halides is 1. The molecule has 4 rings (SSSR count). The zero-order chi connectivity index (χ0) is 11.6. The molecule has 0 amide bonds. The first-order valence-corrected chi connectivity index (χ1v) is 6.37. The molecule has 2 aromatic rings. The van der Waals surface area contributed by atoms with Crippen molar-refractivity contribution in [2.75, 3.05) is 0 Å². The lowest BCUT2D eigenvalue weighted by Crippen LogP contribution is -1.98. The van der Waals surface area contributed by atoms with Crippen LogP contribution in [0.1, 0.15) is 24.3 Å². The number of benzene rings is 2. The average Bonchev–Trinajstić information content (AvgIpc) is 2.94. The van der Waals surface area contributed by atoms with E-state index in [1.807, 2.05) is 0 Å². The number of fused-ring (bicyclic) bond motifs is 6. The van der Waals surface area contributed by atoms with Crippen LogP contribution in [0, 0.1) is 0 Å². The zero-order valence-corrected chi connectivity index (χ0v) is 10.2. The van der Waals surface area contributed by atoms with Crippen LogP contribution in [0.25, 0.3) is 11.1 Å². The lowest BCUT2D eigenvalue weighted by atomic mass is 9.86. The van der Waals surface area contributed by atoms with Gasteiger partial charge in [0.1, 0.15) is 0 Å². The lowest BCUT2D eigenvalue weighted by Gasteiger charge is -2.18. The normalized spacial score (nSPS) is 34.4. The second-order valence-electron chi connectivity index (χ2n) is 4.51. The Morgan fingerprint density at radius 3 is 1.75 bits per heavy atom. The number of halogens is 1. The predicted molar refractivity (Wildman–Crippen MR) is 70.1 cm³/mol. The Kier molecular flexibility index (Phi) is 1.50. The molecule has 0 nitrogen and oxygen atoms in total. The Morgan fingerprint density at radius 2 is 1.25 bits per heavy atom. The van der Waals surface area contributed by atoms with Crippen molar-refractivity contribution in [2.45, 2.75) is 16.6 Å². The number of hydrogen-bond acceptors (Lipinski definition) is 0. The third kappa shape index (κ3) is 0.997. The summed E-state index contributed by atoms with van der Waals surface area (Å²) in [7, 11) is 0. The highest BCUT2D eigenvalue weighted by Crippen LogP contribution is 2.65. The van der Waals surface area contributed by atoms with E-state index in [0.29, 0.717) is 11.8 Å². The van der Waals surface area contributed by atoms with Gasteiger partial charge in [-0.2, -0.15) is 0 Å². The van der Waals surface area contributed by atoms with Gasteiger partial charge in [0, 0.05) is 18.0 Å². The van der Waals surface area contributed by atoms with Gasteiger partial charge >= 0.3 is 0 Å². The highest BCUT2D eigenvalue weighted by molar-refractivity contribution is 9.09. The SMILES string of the molecule is [2H]C1(Br)[C@@H]2c3ccccc3-c3ccccc3[C@@H]21. The molecule has 0 N–H and O–H groups in total. The van der Waals surface area contributed by atoms with Crippen molar-refractivity contribution >= 4 is 15.9 Å². The van der Waals surface area contributed by atoms with E-state index in [1.165, 1.54) is 22.3 Å². The minimum absolute atomic E-state index is 0.314. The summed E-state index contributed by atoms with van der Waals surface area (Å²) >= 11 is 3.59. The van der Waals surface area contributed by atoms with E-state index in [0.717, 1.165) is 0 Å². The molecule has 3 atom stereocenters. The maximum atomic E-state index is 8.38. The van der Waals surface area contributed by atoms with Gasteiger partial charge in [0.2, 0.25) is 0 Å². The van der Waals surface area contributed by atoms with Gasteiger partial charge in [-0.05, 0) is 22.3 Å². The summed E-state index contributed by atoms with van der Waals surface area (Å²) in [6, 6.07) is 17.0. The molecule has 0 aromatic heterocycles. The first-order valence-electron chi connectivity index (χ1n) is 6.08. The van der Waals surface area contributed by atoms with Crippen LogP contribution in [0.15, 0.2) is 48.5 Å². The van der Waals surface area contributed by atoms with E-state index in [9.17, 15) is 0 Å². The maximum absolute atomic E-state index is 8.38. The molecule has 2 aliphatic carbocycles. The van der Waals surface area contributed by atoms with E-state index in [4.69, 9.17) is 1.37 Å². The minimum Gasteiger partial charge on any atom is -0.0877 e. The van der Waals surface area contributed by atoms with E-state index in [-0.39, 0.29) is 0 Å². The van der Waals surface area contributed by atoms with E-state index in [2.05, 4.69) is 64.5 Å². The van der Waals surface area contributed by atoms with Gasteiger partial charge in [-0.3, -0.25) is 0 Å². The molecule has 0 bridgehead atoms. The molecule has 2 aliphatic rings. The van der Waals surface area contributed by atoms with Gasteiger partial charge in [-0.15, -0.1) is 0 Å². The Labute approximate surface area is 105 Å². The fourth-order valence-corrected chi connectivity index (χ4v) is 3.81. The van der Waals surface area contributed by atoms with Crippen molar-refractivity contribution in [3.05, 3.63) is 59.7 Å². The summed E-state index contributed by atoms with van der Waals surface area (Å²) in [5.41, 5.74) is 5.25. The molecule has 0 saturated heterocycles. The van der Waals surface area contributed by atoms with Crippen LogP contribution in [0.4, 0.5) is 0 Å². The van der Waals surface area contributed by atoms with E-state index >= 15 is 0 Å². The fraction of sp³-hybridized carbons (Fsp3) is 0.200. The monoisotopic (exact) mass is 271 g/mol. The molecule has 0 aliphatic heterocycles. The van der Waals surface area contributed by atoms with Gasteiger partial charge in [0.05, 0.1) is 0 Å². The minimum atomic E-state index is -0.504. The summed E-state index contributed by atoms with van der Waals surface area (Å²) < 4.78 is 8.38. The molecular weight excluding hydrogens is 260 g/mol. The summed E-state index contributed by atoms with van der Waals surface area (Å²) in [5.74, 6) is 0.627. The second-order valence-corrected chi connectivity index (χ2v) is 5.43. The lowest BCUT2D eigenvalue weighted by molar-refractivity contribution is 1.01. The van der Waals surface area contributed by atoms with Crippen LogP contribution in [-0.2, 0) is 0 Å². The maximum Gasteiger partial charge on any atom is 0.0436 e. The van der Waals surface area contributed by atoms with Crippen LogP contribution in [0.2, 0.25) is 0 Å². The van der Waals surface area contributed by atoms with Crippen LogP contribution in [0.3, 0.4) is 0 Å². The quantitative estimate of drug-likeness (QED) is 0.627. The molecule has 0 radical (unpaired) electrons. The van der Waals surface area contributed by atoms with Gasteiger partial charge < -0.3 is 0 Å². The van der Waals surface area contributed by atoms with Crippen molar-refractivity contribution in [3.63, 3.8) is 0 Å². The van der Waals surface area contributed by atoms with Crippen molar-refractivity contribution in [1.29, 1.82) is 0 Å². The standard InChI is InChI=1S/C15H11Br/c16-15-13-11-7-3-1-5-9(11)10-6-2-4-8-12(10)14(13)15/h1-8,13-15H/t13-,14+,15?/i15D. The third-order valence-electron chi connectivity index (χ3n) is 3.70. The summed E-state index contributed by atoms with van der Waals surface area (Å²) in [5, 5.41) is 0. The van der Waals surface area contributed by atoms with Crippen LogP contribution in [0.5, 0.6) is 0 Å². The van der Waals surface area contributed by atoms with Crippen LogP contribution >= 0.6 is 15.9 Å². The Hall–Kier alpha value is -1.08. The van der Waals surface area contributed by atoms with Crippen LogP contribution < -0.4 is 0 Å². The molecule has 2 aromatic carbocycles. The molecule has 16 heavy (non-hydrogen) atoms. The molecular formula is C15H11Br. The first-order chi connectivity index (χ1) is 8.21. The van der Waals surface area contributed by atoms with Gasteiger partial charge in [-0.1, -0.05) is 64.5 Å². The van der Waals surface area contributed by atoms with Crippen molar-refractivity contribution in [2.24, 2.45) is 0 Å². The Balaban J connectivity index is 2.07.